The number of amides is 1. The quantitative estimate of drug-likeness (QED) is 0.598. The van der Waals surface area contributed by atoms with Gasteiger partial charge in [-0.05, 0) is 43.9 Å². The van der Waals surface area contributed by atoms with Gasteiger partial charge in [0, 0.05) is 25.3 Å². The van der Waals surface area contributed by atoms with Crippen molar-refractivity contribution in [3.05, 3.63) is 22.7 Å². The van der Waals surface area contributed by atoms with Crippen LogP contribution in [0.5, 0.6) is 11.5 Å². The third-order valence-corrected chi connectivity index (χ3v) is 4.75. The van der Waals surface area contributed by atoms with Gasteiger partial charge in [-0.2, -0.15) is 0 Å². The first kappa shape index (κ1) is 24.8. The Kier molecular flexibility index (Phi) is 11.0. The molecule has 0 saturated carbocycles. The number of likely N-dealkylation sites (tertiary alicyclic amines) is 1. The van der Waals surface area contributed by atoms with Gasteiger partial charge in [0.2, 0.25) is 0 Å². The molecule has 28 heavy (non-hydrogen) atoms. The van der Waals surface area contributed by atoms with Crippen molar-refractivity contribution in [2.24, 2.45) is 11.7 Å². The van der Waals surface area contributed by atoms with E-state index in [4.69, 9.17) is 31.5 Å². The predicted octanol–water partition coefficient (Wildman–Crippen LogP) is 3.78. The van der Waals surface area contributed by atoms with Crippen LogP contribution in [-0.4, -0.2) is 56.9 Å². The topological polar surface area (TPSA) is 74.0 Å². The van der Waals surface area contributed by atoms with Crippen molar-refractivity contribution in [1.82, 2.24) is 4.90 Å². The summed E-state index contributed by atoms with van der Waals surface area (Å²) in [6.07, 6.45) is 2.72. The molecule has 2 N–H and O–H groups in total. The van der Waals surface area contributed by atoms with E-state index in [1.54, 1.807) is 19.2 Å². The van der Waals surface area contributed by atoms with E-state index in [1.807, 2.05) is 4.90 Å². The molecule has 1 aromatic carbocycles. The lowest BCUT2D eigenvalue weighted by Gasteiger charge is -2.32. The van der Waals surface area contributed by atoms with Crippen molar-refractivity contribution in [2.45, 2.75) is 39.2 Å². The molecule has 1 amide bonds. The molecule has 1 fully saturated rings. The number of nitrogens with zero attached hydrogens (tertiary/aromatic N) is 1. The Labute approximate surface area is 179 Å². The van der Waals surface area contributed by atoms with E-state index in [2.05, 4.69) is 13.8 Å². The van der Waals surface area contributed by atoms with Crippen molar-refractivity contribution in [3.63, 3.8) is 0 Å². The molecule has 0 spiro atoms. The highest BCUT2D eigenvalue weighted by atomic mass is 35.5. The van der Waals surface area contributed by atoms with Gasteiger partial charge in [-0.1, -0.05) is 25.4 Å². The minimum atomic E-state index is -0.0500. The Morgan fingerprint density at radius 2 is 2.00 bits per heavy atom. The van der Waals surface area contributed by atoms with Crippen LogP contribution in [0.3, 0.4) is 0 Å². The number of piperidine rings is 1. The van der Waals surface area contributed by atoms with E-state index in [-0.39, 0.29) is 24.4 Å². The maximum absolute atomic E-state index is 12.9. The van der Waals surface area contributed by atoms with Gasteiger partial charge in [-0.15, -0.1) is 12.4 Å². The van der Waals surface area contributed by atoms with Crippen LogP contribution in [0.15, 0.2) is 12.1 Å². The zero-order chi connectivity index (χ0) is 19.8. The summed E-state index contributed by atoms with van der Waals surface area (Å²) in [5.41, 5.74) is 6.00. The lowest BCUT2D eigenvalue weighted by atomic mass is 10.1. The van der Waals surface area contributed by atoms with Crippen LogP contribution in [0, 0.1) is 5.92 Å². The van der Waals surface area contributed by atoms with E-state index < -0.39 is 0 Å². The van der Waals surface area contributed by atoms with E-state index in [9.17, 15) is 4.79 Å². The lowest BCUT2D eigenvalue weighted by Crippen LogP contribution is -2.41. The molecule has 1 aromatic rings. The molecule has 0 bridgehead atoms. The zero-order valence-electron chi connectivity index (χ0n) is 16.9. The fourth-order valence-electron chi connectivity index (χ4n) is 2.97. The van der Waals surface area contributed by atoms with Gasteiger partial charge < -0.3 is 24.8 Å². The van der Waals surface area contributed by atoms with Crippen LogP contribution in [0.2, 0.25) is 5.02 Å². The number of carbonyl (C=O) groups excluding carboxylic acids is 1. The predicted molar refractivity (Wildman–Crippen MR) is 114 cm³/mol. The van der Waals surface area contributed by atoms with E-state index in [0.29, 0.717) is 60.9 Å². The van der Waals surface area contributed by atoms with Gasteiger partial charge >= 0.3 is 0 Å². The summed E-state index contributed by atoms with van der Waals surface area (Å²) in [6.45, 7) is 7.29. The maximum Gasteiger partial charge on any atom is 0.254 e. The number of ether oxygens (including phenoxy) is 3. The van der Waals surface area contributed by atoms with Crippen molar-refractivity contribution in [1.29, 1.82) is 0 Å². The first-order valence-corrected chi connectivity index (χ1v) is 9.95. The Bertz CT molecular complexity index is 620. The van der Waals surface area contributed by atoms with E-state index in [0.717, 1.165) is 19.3 Å². The average Bonchev–Trinajstić information content (AvgIpc) is 2.66. The van der Waals surface area contributed by atoms with Crippen LogP contribution in [0.1, 0.15) is 43.5 Å². The number of rotatable bonds is 9. The SMILES string of the molecule is COc1cc(C(=O)N2CCC(OCCCN)CC2)cc(Cl)c1OCC(C)C.Cl. The summed E-state index contributed by atoms with van der Waals surface area (Å²) in [4.78, 5) is 14.7. The first-order valence-electron chi connectivity index (χ1n) is 9.57. The summed E-state index contributed by atoms with van der Waals surface area (Å²) in [7, 11) is 1.55. The fourth-order valence-corrected chi connectivity index (χ4v) is 3.24. The number of nitrogens with two attached hydrogens (primary N) is 1. The van der Waals surface area contributed by atoms with Crippen molar-refractivity contribution < 1.29 is 19.0 Å². The molecule has 1 saturated heterocycles. The van der Waals surface area contributed by atoms with Gasteiger partial charge in [0.05, 0.1) is 24.8 Å². The maximum atomic E-state index is 12.9. The van der Waals surface area contributed by atoms with Gasteiger partial charge in [0.1, 0.15) is 0 Å². The summed E-state index contributed by atoms with van der Waals surface area (Å²) in [5.74, 6) is 1.27. The fraction of sp³-hybridized carbons (Fsp3) is 0.650. The molecule has 0 radical (unpaired) electrons. The summed E-state index contributed by atoms with van der Waals surface area (Å²) < 4.78 is 17.0. The standard InChI is InChI=1S/C20H31ClN2O4.ClH/c1-14(2)13-27-19-17(21)11-15(12-18(19)25-3)20(24)23-8-5-16(6-9-23)26-10-4-7-22;/h11-12,14,16H,4-10,13,22H2,1-3H3;1H. The molecular weight excluding hydrogens is 403 g/mol. The highest BCUT2D eigenvalue weighted by molar-refractivity contribution is 6.32. The smallest absolute Gasteiger partial charge is 0.254 e. The number of hydrogen-bond donors (Lipinski definition) is 1. The molecular formula is C20H32Cl2N2O4. The largest absolute Gasteiger partial charge is 0.493 e. The van der Waals surface area contributed by atoms with Crippen LogP contribution in [0.25, 0.3) is 0 Å². The minimum Gasteiger partial charge on any atom is -0.493 e. The Hall–Kier alpha value is -1.21. The number of benzene rings is 1. The lowest BCUT2D eigenvalue weighted by molar-refractivity contribution is 0.00843. The molecule has 1 heterocycles. The van der Waals surface area contributed by atoms with Gasteiger partial charge in [0.25, 0.3) is 5.91 Å². The minimum absolute atomic E-state index is 0. The van der Waals surface area contributed by atoms with Gasteiger partial charge in [-0.25, -0.2) is 0 Å². The third-order valence-electron chi connectivity index (χ3n) is 4.47. The normalized spacial score (nSPS) is 14.7. The second kappa shape index (κ2) is 12.4. The van der Waals surface area contributed by atoms with Crippen molar-refractivity contribution >= 4 is 29.9 Å². The highest BCUT2D eigenvalue weighted by Crippen LogP contribution is 2.37. The molecule has 1 aliphatic rings. The average molecular weight is 435 g/mol. The molecule has 0 atom stereocenters. The van der Waals surface area contributed by atoms with Gasteiger partial charge in [0.15, 0.2) is 11.5 Å². The summed E-state index contributed by atoms with van der Waals surface area (Å²) in [5, 5.41) is 0.387. The Balaban J connectivity index is 0.00000392. The molecule has 8 heteroatoms. The molecule has 0 aromatic heterocycles. The molecule has 6 nitrogen and oxygen atoms in total. The van der Waals surface area contributed by atoms with Crippen LogP contribution in [0.4, 0.5) is 0 Å². The Morgan fingerprint density at radius 3 is 2.57 bits per heavy atom. The third kappa shape index (κ3) is 6.99. The molecule has 0 aliphatic carbocycles. The number of carbonyl (C=O) groups is 1. The van der Waals surface area contributed by atoms with Crippen molar-refractivity contribution in [3.8, 4) is 11.5 Å². The first-order chi connectivity index (χ1) is 13.0. The number of hydrogen-bond acceptors (Lipinski definition) is 5. The molecule has 2 rings (SSSR count). The molecule has 1 aliphatic heterocycles. The van der Waals surface area contributed by atoms with Crippen molar-refractivity contribution in [2.75, 3.05) is 40.0 Å². The molecule has 160 valence electrons. The molecule has 0 unspecified atom stereocenters. The highest BCUT2D eigenvalue weighted by Gasteiger charge is 2.25. The number of halogens is 2. The second-order valence-corrected chi connectivity index (χ2v) is 7.61. The second-order valence-electron chi connectivity index (χ2n) is 7.20. The van der Waals surface area contributed by atoms with Crippen LogP contribution >= 0.6 is 24.0 Å². The summed E-state index contributed by atoms with van der Waals surface area (Å²) >= 11 is 6.37. The van der Waals surface area contributed by atoms with E-state index in [1.165, 1.54) is 0 Å². The van der Waals surface area contributed by atoms with Crippen LogP contribution < -0.4 is 15.2 Å². The van der Waals surface area contributed by atoms with Gasteiger partial charge in [-0.3, -0.25) is 4.79 Å². The zero-order valence-corrected chi connectivity index (χ0v) is 18.5. The van der Waals surface area contributed by atoms with E-state index >= 15 is 0 Å². The van der Waals surface area contributed by atoms with Crippen LogP contribution in [-0.2, 0) is 4.74 Å². The summed E-state index contributed by atoms with van der Waals surface area (Å²) in [6, 6.07) is 3.36. The Morgan fingerprint density at radius 1 is 1.32 bits per heavy atom. The number of methoxy groups -OCH3 is 1. The monoisotopic (exact) mass is 434 g/mol.